The molecule has 1 heterocycles. The van der Waals surface area contributed by atoms with E-state index in [2.05, 4.69) is 10.3 Å². The van der Waals surface area contributed by atoms with Crippen molar-refractivity contribution < 1.29 is 9.53 Å². The fourth-order valence-electron chi connectivity index (χ4n) is 1.73. The van der Waals surface area contributed by atoms with Crippen molar-refractivity contribution >= 4 is 17.3 Å². The van der Waals surface area contributed by atoms with E-state index < -0.39 is 5.91 Å². The van der Waals surface area contributed by atoms with E-state index in [4.69, 9.17) is 16.2 Å². The van der Waals surface area contributed by atoms with Crippen molar-refractivity contribution in [3.63, 3.8) is 0 Å². The second kappa shape index (κ2) is 5.92. The zero-order valence-electron chi connectivity index (χ0n) is 11.1. The number of rotatable bonds is 5. The van der Waals surface area contributed by atoms with E-state index >= 15 is 0 Å². The zero-order chi connectivity index (χ0) is 14.5. The van der Waals surface area contributed by atoms with E-state index in [1.54, 1.807) is 31.5 Å². The number of primary amides is 1. The van der Waals surface area contributed by atoms with Crippen LogP contribution in [0.4, 0.5) is 11.4 Å². The van der Waals surface area contributed by atoms with Gasteiger partial charge >= 0.3 is 0 Å². The van der Waals surface area contributed by atoms with Gasteiger partial charge in [-0.2, -0.15) is 0 Å². The molecule has 5 N–H and O–H groups in total. The van der Waals surface area contributed by atoms with E-state index in [9.17, 15) is 4.79 Å². The third kappa shape index (κ3) is 3.17. The first-order valence-electron chi connectivity index (χ1n) is 6.02. The topological polar surface area (TPSA) is 103 Å². The van der Waals surface area contributed by atoms with Crippen LogP contribution < -0.4 is 21.5 Å². The Kier molecular flexibility index (Phi) is 4.05. The monoisotopic (exact) mass is 272 g/mol. The van der Waals surface area contributed by atoms with Gasteiger partial charge in [0.05, 0.1) is 18.5 Å². The van der Waals surface area contributed by atoms with Crippen LogP contribution in [0.15, 0.2) is 36.5 Å². The normalized spacial score (nSPS) is 10.1. The van der Waals surface area contributed by atoms with Crippen molar-refractivity contribution in [2.75, 3.05) is 18.2 Å². The fourth-order valence-corrected chi connectivity index (χ4v) is 1.73. The quantitative estimate of drug-likeness (QED) is 0.713. The molecule has 0 aliphatic heterocycles. The van der Waals surface area contributed by atoms with Gasteiger partial charge in [-0.1, -0.05) is 0 Å². The van der Waals surface area contributed by atoms with E-state index in [1.807, 2.05) is 12.1 Å². The van der Waals surface area contributed by atoms with Gasteiger partial charge < -0.3 is 21.5 Å². The SMILES string of the molecule is COc1cc(CNc2cc(C(N)=O)ccc2N)ccn1. The molecule has 2 aromatic rings. The van der Waals surface area contributed by atoms with Gasteiger partial charge in [-0.05, 0) is 29.8 Å². The summed E-state index contributed by atoms with van der Waals surface area (Å²) in [7, 11) is 1.56. The first kappa shape index (κ1) is 13.7. The number of hydrogen-bond donors (Lipinski definition) is 3. The molecule has 1 aromatic carbocycles. The van der Waals surface area contributed by atoms with Crippen LogP contribution >= 0.6 is 0 Å². The maximum absolute atomic E-state index is 11.2. The number of anilines is 2. The first-order chi connectivity index (χ1) is 9.60. The van der Waals surface area contributed by atoms with E-state index in [-0.39, 0.29) is 0 Å². The lowest BCUT2D eigenvalue weighted by atomic mass is 10.1. The Bertz CT molecular complexity index is 628. The number of nitrogens with one attached hydrogen (secondary N) is 1. The second-order valence-electron chi connectivity index (χ2n) is 4.23. The number of aromatic nitrogens is 1. The molecule has 20 heavy (non-hydrogen) atoms. The molecule has 0 aliphatic rings. The summed E-state index contributed by atoms with van der Waals surface area (Å²) >= 11 is 0. The van der Waals surface area contributed by atoms with Gasteiger partial charge in [-0.3, -0.25) is 4.79 Å². The molecule has 0 fully saturated rings. The lowest BCUT2D eigenvalue weighted by molar-refractivity contribution is 0.100. The molecule has 0 bridgehead atoms. The van der Waals surface area contributed by atoms with Crippen molar-refractivity contribution in [3.05, 3.63) is 47.7 Å². The molecule has 0 radical (unpaired) electrons. The number of carbonyl (C=O) groups excluding carboxylic acids is 1. The zero-order valence-corrected chi connectivity index (χ0v) is 11.1. The molecule has 0 aliphatic carbocycles. The fraction of sp³-hybridized carbons (Fsp3) is 0.143. The molecule has 2 rings (SSSR count). The van der Waals surface area contributed by atoms with Crippen molar-refractivity contribution in [3.8, 4) is 5.88 Å². The Morgan fingerprint density at radius 1 is 1.35 bits per heavy atom. The molecule has 0 atom stereocenters. The summed E-state index contributed by atoms with van der Waals surface area (Å²) in [5.41, 5.74) is 13.7. The number of hydrogen-bond acceptors (Lipinski definition) is 5. The Hall–Kier alpha value is -2.76. The minimum Gasteiger partial charge on any atom is -0.481 e. The van der Waals surface area contributed by atoms with E-state index in [1.165, 1.54) is 0 Å². The summed E-state index contributed by atoms with van der Waals surface area (Å²) in [6, 6.07) is 8.56. The minimum absolute atomic E-state index is 0.411. The Labute approximate surface area is 116 Å². The van der Waals surface area contributed by atoms with Crippen LogP contribution in [0.3, 0.4) is 0 Å². The van der Waals surface area contributed by atoms with Gasteiger partial charge in [0, 0.05) is 24.4 Å². The average Bonchev–Trinajstić information content (AvgIpc) is 2.46. The highest BCUT2D eigenvalue weighted by Gasteiger charge is 2.05. The second-order valence-corrected chi connectivity index (χ2v) is 4.23. The summed E-state index contributed by atoms with van der Waals surface area (Å²) in [5, 5.41) is 3.16. The van der Waals surface area contributed by atoms with E-state index in [0.717, 1.165) is 5.56 Å². The van der Waals surface area contributed by atoms with Crippen LogP contribution in [0.2, 0.25) is 0 Å². The molecule has 1 aromatic heterocycles. The summed E-state index contributed by atoms with van der Waals surface area (Å²) < 4.78 is 5.06. The molecular formula is C14H16N4O2. The van der Waals surface area contributed by atoms with Crippen LogP contribution in [-0.4, -0.2) is 18.0 Å². The molecule has 0 saturated heterocycles. The van der Waals surface area contributed by atoms with Gasteiger partial charge in [0.1, 0.15) is 0 Å². The number of ether oxygens (including phenoxy) is 1. The number of nitrogens with zero attached hydrogens (tertiary/aromatic N) is 1. The summed E-state index contributed by atoms with van der Waals surface area (Å²) in [4.78, 5) is 15.2. The minimum atomic E-state index is -0.487. The maximum atomic E-state index is 11.2. The lowest BCUT2D eigenvalue weighted by Gasteiger charge is -2.11. The van der Waals surface area contributed by atoms with Crippen LogP contribution in [0.1, 0.15) is 15.9 Å². The van der Waals surface area contributed by atoms with Crippen molar-refractivity contribution in [2.45, 2.75) is 6.54 Å². The van der Waals surface area contributed by atoms with Crippen LogP contribution in [0, 0.1) is 0 Å². The molecule has 104 valence electrons. The van der Waals surface area contributed by atoms with Crippen molar-refractivity contribution in [1.82, 2.24) is 4.98 Å². The smallest absolute Gasteiger partial charge is 0.248 e. The molecule has 0 spiro atoms. The van der Waals surface area contributed by atoms with Crippen LogP contribution in [0.25, 0.3) is 0 Å². The third-order valence-corrected chi connectivity index (χ3v) is 2.83. The highest BCUT2D eigenvalue weighted by atomic mass is 16.5. The van der Waals surface area contributed by atoms with Gasteiger partial charge in [0.15, 0.2) is 0 Å². The highest BCUT2D eigenvalue weighted by Crippen LogP contribution is 2.21. The van der Waals surface area contributed by atoms with Crippen molar-refractivity contribution in [2.24, 2.45) is 5.73 Å². The summed E-state index contributed by atoms with van der Waals surface area (Å²) in [5.74, 6) is 0.0572. The number of methoxy groups -OCH3 is 1. The Balaban J connectivity index is 2.13. The number of pyridine rings is 1. The van der Waals surface area contributed by atoms with Crippen molar-refractivity contribution in [1.29, 1.82) is 0 Å². The van der Waals surface area contributed by atoms with Crippen LogP contribution in [0.5, 0.6) is 5.88 Å². The molecule has 0 unspecified atom stereocenters. The van der Waals surface area contributed by atoms with Gasteiger partial charge in [-0.15, -0.1) is 0 Å². The molecule has 0 saturated carbocycles. The molecule has 1 amide bonds. The third-order valence-electron chi connectivity index (χ3n) is 2.83. The number of nitrogen functional groups attached to an aromatic ring is 1. The van der Waals surface area contributed by atoms with Gasteiger partial charge in [0.2, 0.25) is 11.8 Å². The summed E-state index contributed by atoms with van der Waals surface area (Å²) in [6.45, 7) is 0.533. The van der Waals surface area contributed by atoms with Gasteiger partial charge in [-0.25, -0.2) is 4.98 Å². The standard InChI is InChI=1S/C14H16N4O2/c1-20-13-6-9(4-5-17-13)8-18-12-7-10(14(16)19)2-3-11(12)15/h2-7,18H,8,15H2,1H3,(H2,16,19). The largest absolute Gasteiger partial charge is 0.481 e. The summed E-state index contributed by atoms with van der Waals surface area (Å²) in [6.07, 6.45) is 1.67. The highest BCUT2D eigenvalue weighted by molar-refractivity contribution is 5.94. The van der Waals surface area contributed by atoms with Crippen LogP contribution in [-0.2, 0) is 6.54 Å². The number of amides is 1. The first-order valence-corrected chi connectivity index (χ1v) is 6.02. The maximum Gasteiger partial charge on any atom is 0.248 e. The average molecular weight is 272 g/mol. The number of nitrogens with two attached hydrogens (primary N) is 2. The Morgan fingerprint density at radius 2 is 2.15 bits per heavy atom. The number of carbonyl (C=O) groups is 1. The molecule has 6 heteroatoms. The lowest BCUT2D eigenvalue weighted by Crippen LogP contribution is -2.12. The number of benzene rings is 1. The Morgan fingerprint density at radius 3 is 2.85 bits per heavy atom. The molecule has 6 nitrogen and oxygen atoms in total. The predicted octanol–water partition coefficient (Wildman–Crippen LogP) is 1.38. The van der Waals surface area contributed by atoms with E-state index in [0.29, 0.717) is 29.4 Å². The predicted molar refractivity (Wildman–Crippen MR) is 77.5 cm³/mol. The molecular weight excluding hydrogens is 256 g/mol. The van der Waals surface area contributed by atoms with Gasteiger partial charge in [0.25, 0.3) is 0 Å².